The van der Waals surface area contributed by atoms with E-state index >= 15 is 0 Å². The van der Waals surface area contributed by atoms with Crippen molar-refractivity contribution in [1.82, 2.24) is 9.88 Å². The van der Waals surface area contributed by atoms with Crippen molar-refractivity contribution >= 4 is 32.7 Å². The van der Waals surface area contributed by atoms with Crippen LogP contribution in [0.2, 0.25) is 0 Å². The molecule has 0 aliphatic carbocycles. The summed E-state index contributed by atoms with van der Waals surface area (Å²) in [7, 11) is 2.01. The van der Waals surface area contributed by atoms with E-state index in [0.717, 1.165) is 26.5 Å². The Balaban J connectivity index is 1.75. The lowest BCUT2D eigenvalue weighted by molar-refractivity contribution is -0.121. The fourth-order valence-corrected chi connectivity index (χ4v) is 3.56. The van der Waals surface area contributed by atoms with Gasteiger partial charge in [0.15, 0.2) is 0 Å². The molecule has 0 spiro atoms. The van der Waals surface area contributed by atoms with Gasteiger partial charge >= 0.3 is 0 Å². The Labute approximate surface area is 144 Å². The molecule has 1 atom stereocenters. The molecule has 23 heavy (non-hydrogen) atoms. The van der Waals surface area contributed by atoms with Crippen molar-refractivity contribution in [3.63, 3.8) is 0 Å². The molecule has 1 unspecified atom stereocenters. The first kappa shape index (κ1) is 15.8. The molecule has 0 bridgehead atoms. The predicted octanol–water partition coefficient (Wildman–Crippen LogP) is 4.36. The smallest absolute Gasteiger partial charge is 0.224 e. The molecular formula is C19H19BrN2O. The van der Waals surface area contributed by atoms with Crippen LogP contribution >= 0.6 is 15.9 Å². The van der Waals surface area contributed by atoms with E-state index in [1.54, 1.807) is 0 Å². The maximum Gasteiger partial charge on any atom is 0.224 e. The summed E-state index contributed by atoms with van der Waals surface area (Å²) in [6, 6.07) is 16.1. The fraction of sp³-hybridized carbons (Fsp3) is 0.211. The second-order valence-corrected chi connectivity index (χ2v) is 6.62. The number of benzene rings is 2. The third kappa shape index (κ3) is 3.32. The lowest BCUT2D eigenvalue weighted by Gasteiger charge is -2.15. The number of fused-ring (bicyclic) bond motifs is 1. The van der Waals surface area contributed by atoms with Gasteiger partial charge in [-0.15, -0.1) is 0 Å². The summed E-state index contributed by atoms with van der Waals surface area (Å²) >= 11 is 3.53. The zero-order valence-corrected chi connectivity index (χ0v) is 14.8. The van der Waals surface area contributed by atoms with Crippen molar-refractivity contribution in [2.45, 2.75) is 19.4 Å². The molecule has 4 heteroatoms. The van der Waals surface area contributed by atoms with Gasteiger partial charge in [0.25, 0.3) is 0 Å². The summed E-state index contributed by atoms with van der Waals surface area (Å²) in [6.07, 6.45) is 2.42. The van der Waals surface area contributed by atoms with Gasteiger partial charge in [-0.25, -0.2) is 0 Å². The zero-order valence-electron chi connectivity index (χ0n) is 13.2. The molecular weight excluding hydrogens is 352 g/mol. The number of halogens is 1. The molecule has 0 aliphatic heterocycles. The van der Waals surface area contributed by atoms with Gasteiger partial charge in [-0.05, 0) is 30.2 Å². The van der Waals surface area contributed by atoms with Gasteiger partial charge in [0.1, 0.15) is 0 Å². The van der Waals surface area contributed by atoms with Crippen LogP contribution in [0.5, 0.6) is 0 Å². The molecule has 0 saturated carbocycles. The van der Waals surface area contributed by atoms with Crippen LogP contribution < -0.4 is 5.32 Å². The minimum Gasteiger partial charge on any atom is -0.350 e. The van der Waals surface area contributed by atoms with Crippen LogP contribution in [0.4, 0.5) is 0 Å². The van der Waals surface area contributed by atoms with Crippen molar-refractivity contribution in [2.75, 3.05) is 0 Å². The van der Waals surface area contributed by atoms with E-state index in [4.69, 9.17) is 0 Å². The van der Waals surface area contributed by atoms with Gasteiger partial charge in [0.05, 0.1) is 12.5 Å². The summed E-state index contributed by atoms with van der Waals surface area (Å²) in [5.41, 5.74) is 3.29. The number of aryl methyl sites for hydroxylation is 1. The monoisotopic (exact) mass is 370 g/mol. The molecule has 1 heterocycles. The lowest BCUT2D eigenvalue weighted by atomic mass is 10.1. The van der Waals surface area contributed by atoms with Crippen LogP contribution in [0.25, 0.3) is 10.9 Å². The van der Waals surface area contributed by atoms with Gasteiger partial charge in [-0.2, -0.15) is 0 Å². The topological polar surface area (TPSA) is 34.0 Å². The number of nitrogens with one attached hydrogen (secondary N) is 1. The Kier molecular flexibility index (Phi) is 4.53. The first-order valence-corrected chi connectivity index (χ1v) is 8.42. The van der Waals surface area contributed by atoms with E-state index < -0.39 is 0 Å². The third-order valence-electron chi connectivity index (χ3n) is 4.08. The normalized spacial score (nSPS) is 12.3. The molecule has 0 fully saturated rings. The summed E-state index contributed by atoms with van der Waals surface area (Å²) in [4.78, 5) is 12.4. The Morgan fingerprint density at radius 1 is 1.17 bits per heavy atom. The van der Waals surface area contributed by atoms with Gasteiger partial charge in [0, 0.05) is 28.6 Å². The Bertz CT molecular complexity index is 853. The number of hydrogen-bond donors (Lipinski definition) is 1. The number of rotatable bonds is 4. The fourth-order valence-electron chi connectivity index (χ4n) is 2.94. The summed E-state index contributed by atoms with van der Waals surface area (Å²) in [5.74, 6) is 0.0320. The molecule has 3 aromatic rings. The highest BCUT2D eigenvalue weighted by atomic mass is 79.9. The second-order valence-electron chi connectivity index (χ2n) is 5.77. The van der Waals surface area contributed by atoms with Crippen LogP contribution in [0, 0.1) is 0 Å². The van der Waals surface area contributed by atoms with Crippen LogP contribution in [-0.2, 0) is 18.3 Å². The standard InChI is InChI=1S/C19H19BrN2O/c1-13(15-7-3-5-9-17(15)20)21-19(23)11-14-12-22(2)18-10-6-4-8-16(14)18/h3-10,12-13H,11H2,1-2H3,(H,21,23). The van der Waals surface area contributed by atoms with E-state index in [9.17, 15) is 4.79 Å². The number of nitrogens with zero attached hydrogens (tertiary/aromatic N) is 1. The number of para-hydroxylation sites is 1. The largest absolute Gasteiger partial charge is 0.350 e. The molecule has 0 aliphatic rings. The van der Waals surface area contributed by atoms with Crippen molar-refractivity contribution in [3.8, 4) is 0 Å². The predicted molar refractivity (Wildman–Crippen MR) is 97.3 cm³/mol. The number of carbonyl (C=O) groups is 1. The number of carbonyl (C=O) groups excluding carboxylic acids is 1. The van der Waals surface area contributed by atoms with Crippen LogP contribution in [0.3, 0.4) is 0 Å². The van der Waals surface area contributed by atoms with Crippen molar-refractivity contribution < 1.29 is 4.79 Å². The summed E-state index contributed by atoms with van der Waals surface area (Å²) in [6.45, 7) is 2.00. The maximum absolute atomic E-state index is 12.4. The molecule has 118 valence electrons. The van der Waals surface area contributed by atoms with Crippen LogP contribution in [0.15, 0.2) is 59.2 Å². The van der Waals surface area contributed by atoms with E-state index in [0.29, 0.717) is 6.42 Å². The quantitative estimate of drug-likeness (QED) is 0.727. The van der Waals surface area contributed by atoms with Gasteiger partial charge in [0.2, 0.25) is 5.91 Å². The van der Waals surface area contributed by atoms with Gasteiger partial charge in [-0.1, -0.05) is 52.3 Å². The number of amides is 1. The highest BCUT2D eigenvalue weighted by Gasteiger charge is 2.14. The average molecular weight is 371 g/mol. The van der Waals surface area contributed by atoms with E-state index in [-0.39, 0.29) is 11.9 Å². The zero-order chi connectivity index (χ0) is 16.4. The molecule has 1 amide bonds. The van der Waals surface area contributed by atoms with E-state index in [2.05, 4.69) is 37.9 Å². The number of hydrogen-bond acceptors (Lipinski definition) is 1. The first-order valence-electron chi connectivity index (χ1n) is 7.63. The van der Waals surface area contributed by atoms with Gasteiger partial charge < -0.3 is 9.88 Å². The van der Waals surface area contributed by atoms with Crippen LogP contribution in [-0.4, -0.2) is 10.5 Å². The Morgan fingerprint density at radius 3 is 2.65 bits per heavy atom. The van der Waals surface area contributed by atoms with Crippen molar-refractivity contribution in [1.29, 1.82) is 0 Å². The Hall–Kier alpha value is -2.07. The third-order valence-corrected chi connectivity index (χ3v) is 4.80. The summed E-state index contributed by atoms with van der Waals surface area (Å²) in [5, 5.41) is 4.22. The molecule has 2 aromatic carbocycles. The minimum atomic E-state index is -0.0342. The summed E-state index contributed by atoms with van der Waals surface area (Å²) < 4.78 is 3.08. The first-order chi connectivity index (χ1) is 11.1. The molecule has 0 radical (unpaired) electrons. The highest BCUT2D eigenvalue weighted by Crippen LogP contribution is 2.24. The second kappa shape index (κ2) is 6.59. The van der Waals surface area contributed by atoms with Crippen molar-refractivity contribution in [3.05, 3.63) is 70.3 Å². The molecule has 3 nitrogen and oxygen atoms in total. The molecule has 3 rings (SSSR count). The van der Waals surface area contributed by atoms with E-state index in [1.165, 1.54) is 0 Å². The maximum atomic E-state index is 12.4. The van der Waals surface area contributed by atoms with Gasteiger partial charge in [-0.3, -0.25) is 4.79 Å². The van der Waals surface area contributed by atoms with Crippen molar-refractivity contribution in [2.24, 2.45) is 7.05 Å². The lowest BCUT2D eigenvalue weighted by Crippen LogP contribution is -2.28. The highest BCUT2D eigenvalue weighted by molar-refractivity contribution is 9.10. The SMILES string of the molecule is CC(NC(=O)Cc1cn(C)c2ccccc12)c1ccccc1Br. The minimum absolute atomic E-state index is 0.0320. The molecule has 1 N–H and O–H groups in total. The van der Waals surface area contributed by atoms with E-state index in [1.807, 2.05) is 56.6 Å². The number of aromatic nitrogens is 1. The molecule has 0 saturated heterocycles. The molecule has 1 aromatic heterocycles. The van der Waals surface area contributed by atoms with Crippen LogP contribution in [0.1, 0.15) is 24.1 Å². The average Bonchev–Trinajstić information content (AvgIpc) is 2.84. The Morgan fingerprint density at radius 2 is 1.87 bits per heavy atom.